The van der Waals surface area contributed by atoms with Crippen LogP contribution in [0.25, 0.3) is 6.08 Å². The van der Waals surface area contributed by atoms with Crippen molar-refractivity contribution in [2.45, 2.75) is 20.3 Å². The van der Waals surface area contributed by atoms with Crippen molar-refractivity contribution < 1.29 is 14.3 Å². The molecular weight excluding hydrogens is 352 g/mol. The lowest BCUT2D eigenvalue weighted by molar-refractivity contribution is -0.112. The molecular formula is C23H24N2O3. The van der Waals surface area contributed by atoms with Crippen molar-refractivity contribution in [2.24, 2.45) is 0 Å². The number of ether oxygens (including phenoxy) is 2. The second kappa shape index (κ2) is 9.98. The molecule has 0 saturated carbocycles. The molecule has 0 aromatic heterocycles. The maximum Gasteiger partial charge on any atom is 0.266 e. The molecule has 28 heavy (non-hydrogen) atoms. The van der Waals surface area contributed by atoms with E-state index in [0.717, 1.165) is 11.1 Å². The minimum absolute atomic E-state index is 0.000390. The molecule has 5 nitrogen and oxygen atoms in total. The van der Waals surface area contributed by atoms with Gasteiger partial charge in [-0.15, -0.1) is 6.58 Å². The van der Waals surface area contributed by atoms with Gasteiger partial charge in [-0.05, 0) is 55.7 Å². The van der Waals surface area contributed by atoms with Crippen LogP contribution in [0.3, 0.4) is 0 Å². The second-order valence-electron chi connectivity index (χ2n) is 6.08. The van der Waals surface area contributed by atoms with E-state index in [0.29, 0.717) is 35.8 Å². The third-order valence-electron chi connectivity index (χ3n) is 4.09. The lowest BCUT2D eigenvalue weighted by atomic mass is 10.0. The summed E-state index contributed by atoms with van der Waals surface area (Å²) in [5.41, 5.74) is 3.14. The lowest BCUT2D eigenvalue weighted by Gasteiger charge is -2.14. The van der Waals surface area contributed by atoms with Gasteiger partial charge in [-0.2, -0.15) is 5.26 Å². The van der Waals surface area contributed by atoms with Gasteiger partial charge in [0.05, 0.1) is 13.7 Å². The molecule has 2 aromatic carbocycles. The number of allylic oxidation sites excluding steroid dienone is 1. The number of benzene rings is 2. The minimum atomic E-state index is -0.462. The Morgan fingerprint density at radius 1 is 1.32 bits per heavy atom. The van der Waals surface area contributed by atoms with Crippen molar-refractivity contribution >= 4 is 17.7 Å². The number of aryl methyl sites for hydroxylation is 1. The van der Waals surface area contributed by atoms with Crippen LogP contribution in [-0.4, -0.2) is 19.6 Å². The van der Waals surface area contributed by atoms with Crippen molar-refractivity contribution in [1.29, 1.82) is 5.26 Å². The Morgan fingerprint density at radius 2 is 2.07 bits per heavy atom. The maximum atomic E-state index is 12.6. The molecule has 2 aromatic rings. The molecule has 1 N–H and O–H groups in total. The van der Waals surface area contributed by atoms with Crippen LogP contribution in [0.2, 0.25) is 0 Å². The zero-order valence-electron chi connectivity index (χ0n) is 16.4. The van der Waals surface area contributed by atoms with Crippen LogP contribution in [0.4, 0.5) is 5.69 Å². The molecule has 0 aliphatic heterocycles. The van der Waals surface area contributed by atoms with Crippen LogP contribution < -0.4 is 14.8 Å². The van der Waals surface area contributed by atoms with Crippen LogP contribution in [-0.2, 0) is 11.2 Å². The normalized spacial score (nSPS) is 10.7. The van der Waals surface area contributed by atoms with Crippen LogP contribution in [0.15, 0.2) is 54.6 Å². The molecule has 0 unspecified atom stereocenters. The standard InChI is InChI=1S/C23H24N2O3/c1-5-9-18-12-17(14-21(28-6-2)22(18)27-4)13-19(15-24)23(26)25-20-11-8-7-10-16(20)3/h5,7-8,10-14H,1,6,9H2,2-4H3,(H,25,26)/b19-13+. The number of methoxy groups -OCH3 is 1. The highest BCUT2D eigenvalue weighted by Gasteiger charge is 2.14. The average Bonchev–Trinajstić information content (AvgIpc) is 2.68. The van der Waals surface area contributed by atoms with E-state index in [1.807, 2.05) is 44.2 Å². The van der Waals surface area contributed by atoms with Gasteiger partial charge in [-0.1, -0.05) is 24.3 Å². The SMILES string of the molecule is C=CCc1cc(/C=C(\C#N)C(=O)Nc2ccccc2C)cc(OCC)c1OC. The van der Waals surface area contributed by atoms with E-state index in [9.17, 15) is 10.1 Å². The Bertz CT molecular complexity index is 939. The largest absolute Gasteiger partial charge is 0.493 e. The number of nitrogens with one attached hydrogen (secondary N) is 1. The fourth-order valence-electron chi connectivity index (χ4n) is 2.79. The number of carbonyl (C=O) groups excluding carboxylic acids is 1. The van der Waals surface area contributed by atoms with Gasteiger partial charge in [0.1, 0.15) is 11.6 Å². The Morgan fingerprint density at radius 3 is 2.68 bits per heavy atom. The van der Waals surface area contributed by atoms with Gasteiger partial charge in [0, 0.05) is 11.3 Å². The Balaban J connectivity index is 2.42. The molecule has 0 heterocycles. The average molecular weight is 376 g/mol. The number of nitriles is 1. The van der Waals surface area contributed by atoms with Crippen molar-refractivity contribution in [3.05, 3.63) is 71.3 Å². The van der Waals surface area contributed by atoms with Gasteiger partial charge >= 0.3 is 0 Å². The monoisotopic (exact) mass is 376 g/mol. The number of amides is 1. The summed E-state index contributed by atoms with van der Waals surface area (Å²) in [7, 11) is 1.58. The van der Waals surface area contributed by atoms with E-state index in [2.05, 4.69) is 11.9 Å². The predicted octanol–water partition coefficient (Wildman–Crippen LogP) is 4.68. The van der Waals surface area contributed by atoms with Crippen molar-refractivity contribution in [3.63, 3.8) is 0 Å². The van der Waals surface area contributed by atoms with Crippen molar-refractivity contribution in [1.82, 2.24) is 0 Å². The molecule has 144 valence electrons. The van der Waals surface area contributed by atoms with Gasteiger partial charge in [-0.25, -0.2) is 0 Å². The van der Waals surface area contributed by atoms with E-state index in [1.165, 1.54) is 0 Å². The van der Waals surface area contributed by atoms with Gasteiger partial charge in [0.2, 0.25) is 0 Å². The van der Waals surface area contributed by atoms with Crippen LogP contribution in [0.5, 0.6) is 11.5 Å². The number of hydrogen-bond acceptors (Lipinski definition) is 4. The highest BCUT2D eigenvalue weighted by atomic mass is 16.5. The van der Waals surface area contributed by atoms with Gasteiger partial charge in [-0.3, -0.25) is 4.79 Å². The Labute approximate surface area is 165 Å². The van der Waals surface area contributed by atoms with E-state index in [4.69, 9.17) is 9.47 Å². The third-order valence-corrected chi connectivity index (χ3v) is 4.09. The number of para-hydroxylation sites is 1. The summed E-state index contributed by atoms with van der Waals surface area (Å²) in [6.45, 7) is 8.01. The number of hydrogen-bond donors (Lipinski definition) is 1. The van der Waals surface area contributed by atoms with Crippen molar-refractivity contribution in [2.75, 3.05) is 19.0 Å². The molecule has 0 saturated heterocycles. The van der Waals surface area contributed by atoms with E-state index in [-0.39, 0.29) is 5.57 Å². The highest BCUT2D eigenvalue weighted by Crippen LogP contribution is 2.34. The molecule has 0 aliphatic carbocycles. The summed E-state index contributed by atoms with van der Waals surface area (Å²) >= 11 is 0. The van der Waals surface area contributed by atoms with Crippen LogP contribution in [0.1, 0.15) is 23.6 Å². The lowest BCUT2D eigenvalue weighted by Crippen LogP contribution is -2.14. The zero-order chi connectivity index (χ0) is 20.5. The first-order valence-corrected chi connectivity index (χ1v) is 8.97. The summed E-state index contributed by atoms with van der Waals surface area (Å²) in [6, 6.07) is 13.0. The zero-order valence-corrected chi connectivity index (χ0v) is 16.4. The van der Waals surface area contributed by atoms with Crippen LogP contribution in [0, 0.1) is 18.3 Å². The molecule has 0 bridgehead atoms. The van der Waals surface area contributed by atoms with E-state index in [1.54, 1.807) is 31.4 Å². The molecule has 0 radical (unpaired) electrons. The molecule has 2 rings (SSSR count). The second-order valence-corrected chi connectivity index (χ2v) is 6.08. The fourth-order valence-corrected chi connectivity index (χ4v) is 2.79. The van der Waals surface area contributed by atoms with Gasteiger partial charge in [0.25, 0.3) is 5.91 Å². The van der Waals surface area contributed by atoms with Gasteiger partial charge in [0.15, 0.2) is 11.5 Å². The van der Waals surface area contributed by atoms with Gasteiger partial charge < -0.3 is 14.8 Å². The highest BCUT2D eigenvalue weighted by molar-refractivity contribution is 6.10. The first-order chi connectivity index (χ1) is 13.5. The third kappa shape index (κ3) is 5.01. The number of anilines is 1. The maximum absolute atomic E-state index is 12.6. The summed E-state index contributed by atoms with van der Waals surface area (Å²) in [6.07, 6.45) is 3.88. The Kier molecular flexibility index (Phi) is 7.41. The van der Waals surface area contributed by atoms with E-state index < -0.39 is 5.91 Å². The van der Waals surface area contributed by atoms with Crippen LogP contribution >= 0.6 is 0 Å². The molecule has 0 atom stereocenters. The first kappa shape index (κ1) is 20.8. The smallest absolute Gasteiger partial charge is 0.266 e. The summed E-state index contributed by atoms with van der Waals surface area (Å²) < 4.78 is 11.1. The minimum Gasteiger partial charge on any atom is -0.493 e. The molecule has 0 fully saturated rings. The molecule has 1 amide bonds. The fraction of sp³-hybridized carbons (Fsp3) is 0.217. The molecule has 0 aliphatic rings. The predicted molar refractivity (Wildman–Crippen MR) is 111 cm³/mol. The molecule has 0 spiro atoms. The number of nitrogens with zero attached hydrogens (tertiary/aromatic N) is 1. The number of carbonyl (C=O) groups is 1. The topological polar surface area (TPSA) is 71.4 Å². The number of rotatable bonds is 8. The van der Waals surface area contributed by atoms with E-state index >= 15 is 0 Å². The first-order valence-electron chi connectivity index (χ1n) is 8.97. The summed E-state index contributed by atoms with van der Waals surface area (Å²) in [5.74, 6) is 0.727. The summed E-state index contributed by atoms with van der Waals surface area (Å²) in [5, 5.41) is 12.3. The molecule has 5 heteroatoms. The van der Waals surface area contributed by atoms with Crippen molar-refractivity contribution in [3.8, 4) is 17.6 Å². The quantitative estimate of drug-likeness (QED) is 0.413. The summed E-state index contributed by atoms with van der Waals surface area (Å²) in [4.78, 5) is 12.6. The Hall–Kier alpha value is -3.52.